The van der Waals surface area contributed by atoms with Gasteiger partial charge in [0.15, 0.2) is 0 Å². The molecule has 0 spiro atoms. The molecular weight excluding hydrogens is 460 g/mol. The largest absolute Gasteiger partial charge is 0.399 e. The highest BCUT2D eigenvalue weighted by Gasteiger charge is 2.10. The summed E-state index contributed by atoms with van der Waals surface area (Å²) in [7, 11) is 0. The van der Waals surface area contributed by atoms with Gasteiger partial charge in [-0.2, -0.15) is 0 Å². The summed E-state index contributed by atoms with van der Waals surface area (Å²) in [5.41, 5.74) is 11.3. The summed E-state index contributed by atoms with van der Waals surface area (Å²) in [6, 6.07) is 32.1. The predicted octanol–water partition coefficient (Wildman–Crippen LogP) is 8.07. The van der Waals surface area contributed by atoms with Gasteiger partial charge < -0.3 is 5.73 Å². The average molecular weight is 489 g/mol. The Hall–Kier alpha value is -3.22. The van der Waals surface area contributed by atoms with Crippen LogP contribution < -0.4 is 5.73 Å². The molecule has 0 saturated carbocycles. The van der Waals surface area contributed by atoms with Crippen LogP contribution in [0.2, 0.25) is 0 Å². The first kappa shape index (κ1) is 25.4. The summed E-state index contributed by atoms with van der Waals surface area (Å²) in [6.07, 6.45) is 0. The van der Waals surface area contributed by atoms with E-state index in [0.29, 0.717) is 5.56 Å². The maximum atomic E-state index is 10.7. The standard InChI is InChI=1S/C14H13NO2S.C14H15NS/c1-11-9-13(7-8-14(11)15(16)17)18-10-12-5-3-2-4-6-12;1-11-9-13(7-8-14(11)15)16-10-12-5-3-2-4-6-12/h2-9H,10H2,1H3;2-9H,10,15H2,1H3. The molecule has 0 aliphatic rings. The minimum Gasteiger partial charge on any atom is -0.399 e. The van der Waals surface area contributed by atoms with Crippen molar-refractivity contribution in [3.63, 3.8) is 0 Å². The van der Waals surface area contributed by atoms with E-state index in [-0.39, 0.29) is 10.6 Å². The highest BCUT2D eigenvalue weighted by Crippen LogP contribution is 2.28. The number of aryl methyl sites for hydroxylation is 2. The molecule has 0 atom stereocenters. The smallest absolute Gasteiger partial charge is 0.272 e. The van der Waals surface area contributed by atoms with E-state index < -0.39 is 0 Å². The monoisotopic (exact) mass is 488 g/mol. The second-order valence-corrected chi connectivity index (χ2v) is 9.87. The van der Waals surface area contributed by atoms with Crippen molar-refractivity contribution in [2.45, 2.75) is 35.1 Å². The summed E-state index contributed by atoms with van der Waals surface area (Å²) >= 11 is 3.53. The van der Waals surface area contributed by atoms with Gasteiger partial charge in [0.05, 0.1) is 4.92 Å². The maximum absolute atomic E-state index is 10.7. The molecule has 2 N–H and O–H groups in total. The van der Waals surface area contributed by atoms with Gasteiger partial charge >= 0.3 is 0 Å². The Balaban J connectivity index is 0.000000192. The van der Waals surface area contributed by atoms with Crippen molar-refractivity contribution in [1.82, 2.24) is 0 Å². The number of nitrogens with two attached hydrogens (primary N) is 1. The van der Waals surface area contributed by atoms with Crippen LogP contribution in [0.4, 0.5) is 11.4 Å². The Bertz CT molecular complexity index is 1220. The van der Waals surface area contributed by atoms with Crippen molar-refractivity contribution >= 4 is 34.9 Å². The van der Waals surface area contributed by atoms with Crippen LogP contribution in [0.5, 0.6) is 0 Å². The fourth-order valence-electron chi connectivity index (χ4n) is 3.14. The molecule has 34 heavy (non-hydrogen) atoms. The minimum atomic E-state index is -0.346. The minimum absolute atomic E-state index is 0.180. The van der Waals surface area contributed by atoms with E-state index in [0.717, 1.165) is 27.7 Å². The molecule has 0 aliphatic heterocycles. The molecule has 174 valence electrons. The number of thioether (sulfide) groups is 2. The molecule has 4 rings (SSSR count). The van der Waals surface area contributed by atoms with Crippen molar-refractivity contribution in [1.29, 1.82) is 0 Å². The SMILES string of the molecule is Cc1cc(SCc2ccccc2)ccc1N.Cc1cc(SCc2ccccc2)ccc1[N+](=O)[O-]. The van der Waals surface area contributed by atoms with E-state index in [1.165, 1.54) is 16.0 Å². The van der Waals surface area contributed by atoms with Crippen molar-refractivity contribution in [3.05, 3.63) is 129 Å². The van der Waals surface area contributed by atoms with Crippen molar-refractivity contribution in [2.24, 2.45) is 0 Å². The zero-order valence-electron chi connectivity index (χ0n) is 19.3. The van der Waals surface area contributed by atoms with Crippen molar-refractivity contribution in [2.75, 3.05) is 5.73 Å². The third-order valence-corrected chi connectivity index (χ3v) is 7.23. The molecule has 0 unspecified atom stereocenters. The van der Waals surface area contributed by atoms with Crippen LogP contribution >= 0.6 is 23.5 Å². The lowest BCUT2D eigenvalue weighted by molar-refractivity contribution is -0.385. The van der Waals surface area contributed by atoms with E-state index in [1.54, 1.807) is 30.8 Å². The second kappa shape index (κ2) is 12.9. The molecule has 0 aromatic heterocycles. The van der Waals surface area contributed by atoms with Gasteiger partial charge in [0.2, 0.25) is 0 Å². The number of nitro groups is 1. The normalized spacial score (nSPS) is 10.3. The highest BCUT2D eigenvalue weighted by molar-refractivity contribution is 7.98. The van der Waals surface area contributed by atoms with Gasteiger partial charge in [0.1, 0.15) is 0 Å². The Labute approximate surface area is 209 Å². The average Bonchev–Trinajstić information content (AvgIpc) is 2.85. The summed E-state index contributed by atoms with van der Waals surface area (Å²) in [6.45, 7) is 3.81. The molecule has 4 nitrogen and oxygen atoms in total. The first-order valence-electron chi connectivity index (χ1n) is 10.9. The Morgan fingerprint density at radius 3 is 1.62 bits per heavy atom. The van der Waals surface area contributed by atoms with Crippen LogP contribution in [0, 0.1) is 24.0 Å². The van der Waals surface area contributed by atoms with Gasteiger partial charge in [0.25, 0.3) is 5.69 Å². The van der Waals surface area contributed by atoms with Crippen molar-refractivity contribution < 1.29 is 4.92 Å². The molecular formula is C28H28N2O2S2. The summed E-state index contributed by atoms with van der Waals surface area (Å²) in [5, 5.41) is 10.7. The van der Waals surface area contributed by atoms with Gasteiger partial charge in [-0.15, -0.1) is 23.5 Å². The summed E-state index contributed by atoms with van der Waals surface area (Å²) < 4.78 is 0. The molecule has 0 radical (unpaired) electrons. The summed E-state index contributed by atoms with van der Waals surface area (Å²) in [5.74, 6) is 1.88. The van der Waals surface area contributed by atoms with Gasteiger partial charge in [-0.05, 0) is 60.9 Å². The van der Waals surface area contributed by atoms with Gasteiger partial charge in [-0.1, -0.05) is 60.7 Å². The number of nitrogen functional groups attached to an aromatic ring is 1. The third-order valence-electron chi connectivity index (χ3n) is 5.10. The lowest BCUT2D eigenvalue weighted by Crippen LogP contribution is -1.91. The molecule has 0 bridgehead atoms. The molecule has 0 saturated heterocycles. The van der Waals surface area contributed by atoms with Crippen LogP contribution in [0.25, 0.3) is 0 Å². The molecule has 4 aromatic rings. The Morgan fingerprint density at radius 2 is 1.18 bits per heavy atom. The zero-order chi connectivity index (χ0) is 24.3. The second-order valence-electron chi connectivity index (χ2n) is 7.77. The molecule has 0 aliphatic carbocycles. The van der Waals surface area contributed by atoms with Crippen LogP contribution in [0.3, 0.4) is 0 Å². The molecule has 0 fully saturated rings. The Morgan fingerprint density at radius 1 is 0.706 bits per heavy atom. The van der Waals surface area contributed by atoms with E-state index in [9.17, 15) is 10.1 Å². The van der Waals surface area contributed by atoms with E-state index in [1.807, 2.05) is 55.1 Å². The Kier molecular flexibility index (Phi) is 9.62. The van der Waals surface area contributed by atoms with Gasteiger partial charge in [0, 0.05) is 38.6 Å². The predicted molar refractivity (Wildman–Crippen MR) is 145 cm³/mol. The fourth-order valence-corrected chi connectivity index (χ4v) is 5.04. The van der Waals surface area contributed by atoms with Gasteiger partial charge in [-0.3, -0.25) is 10.1 Å². The molecule has 4 aromatic carbocycles. The molecule has 0 amide bonds. The van der Waals surface area contributed by atoms with E-state index >= 15 is 0 Å². The number of rotatable bonds is 7. The lowest BCUT2D eigenvalue weighted by atomic mass is 10.2. The van der Waals surface area contributed by atoms with E-state index in [4.69, 9.17) is 5.73 Å². The fraction of sp³-hybridized carbons (Fsp3) is 0.143. The number of anilines is 1. The third kappa shape index (κ3) is 7.97. The zero-order valence-corrected chi connectivity index (χ0v) is 20.9. The number of hydrogen-bond acceptors (Lipinski definition) is 5. The highest BCUT2D eigenvalue weighted by atomic mass is 32.2. The number of hydrogen-bond donors (Lipinski definition) is 1. The first-order chi connectivity index (χ1) is 16.4. The number of benzene rings is 4. The first-order valence-corrected chi connectivity index (χ1v) is 12.8. The lowest BCUT2D eigenvalue weighted by Gasteiger charge is -2.05. The van der Waals surface area contributed by atoms with Crippen LogP contribution in [0.1, 0.15) is 22.3 Å². The molecule has 0 heterocycles. The number of nitrogens with zero attached hydrogens (tertiary/aromatic N) is 1. The van der Waals surface area contributed by atoms with Crippen LogP contribution in [-0.4, -0.2) is 4.92 Å². The van der Waals surface area contributed by atoms with Crippen molar-refractivity contribution in [3.8, 4) is 0 Å². The quantitative estimate of drug-likeness (QED) is 0.123. The molecule has 6 heteroatoms. The van der Waals surface area contributed by atoms with Crippen LogP contribution in [-0.2, 0) is 11.5 Å². The van der Waals surface area contributed by atoms with Crippen LogP contribution in [0.15, 0.2) is 107 Å². The van der Waals surface area contributed by atoms with Gasteiger partial charge in [-0.25, -0.2) is 0 Å². The summed E-state index contributed by atoms with van der Waals surface area (Å²) in [4.78, 5) is 12.7. The topological polar surface area (TPSA) is 69.2 Å². The van der Waals surface area contributed by atoms with E-state index in [2.05, 4.69) is 48.5 Å². The number of nitro benzene ring substituents is 1. The maximum Gasteiger partial charge on any atom is 0.272 e.